The number of halogens is 3. The summed E-state index contributed by atoms with van der Waals surface area (Å²) in [6.07, 6.45) is -5.82. The molecule has 1 rings (SSSR count). The summed E-state index contributed by atoms with van der Waals surface area (Å²) >= 11 is 0. The second-order valence-electron chi connectivity index (χ2n) is 2.58. The molecule has 0 saturated carbocycles. The molecule has 0 bridgehead atoms. The van der Waals surface area contributed by atoms with E-state index in [0.717, 1.165) is 0 Å². The Morgan fingerprint density at radius 3 is 2.29 bits per heavy atom. The van der Waals surface area contributed by atoms with Crippen LogP contribution in [0, 0.1) is 0 Å². The van der Waals surface area contributed by atoms with Gasteiger partial charge in [-0.15, -0.1) is 0 Å². The van der Waals surface area contributed by atoms with Gasteiger partial charge in [0.25, 0.3) is 0 Å². The lowest BCUT2D eigenvalue weighted by Gasteiger charge is -2.07. The predicted molar refractivity (Wildman–Crippen MR) is 47.0 cm³/mol. The first kappa shape index (κ1) is 11.1. The molecule has 1 unspecified atom stereocenters. The lowest BCUT2D eigenvalue weighted by molar-refractivity contribution is -0.107. The Kier molecular flexibility index (Phi) is 3.58. The van der Waals surface area contributed by atoms with E-state index in [0.29, 0.717) is 0 Å². The maximum Gasteiger partial charge on any atom is 0.398 e. The summed E-state index contributed by atoms with van der Waals surface area (Å²) in [6.45, 7) is 0. The van der Waals surface area contributed by atoms with Crippen LogP contribution in [0.3, 0.4) is 0 Å². The van der Waals surface area contributed by atoms with Gasteiger partial charge in [-0.1, -0.05) is 18.2 Å². The summed E-state index contributed by atoms with van der Waals surface area (Å²) in [7, 11) is -3.07. The third kappa shape index (κ3) is 4.33. The van der Waals surface area contributed by atoms with E-state index < -0.39 is 20.4 Å². The molecule has 0 radical (unpaired) electrons. The molecule has 0 heterocycles. The number of para-hydroxylation sites is 1. The number of rotatable bonds is 3. The molecule has 14 heavy (non-hydrogen) atoms. The minimum absolute atomic E-state index is 0.195. The van der Waals surface area contributed by atoms with Gasteiger partial charge in [-0.25, -0.2) is 0 Å². The summed E-state index contributed by atoms with van der Waals surface area (Å²) in [6, 6.07) is 7.79. The van der Waals surface area contributed by atoms with Gasteiger partial charge in [0.2, 0.25) is 8.03 Å². The summed E-state index contributed by atoms with van der Waals surface area (Å²) < 4.78 is 50.8. The lowest BCUT2D eigenvalue weighted by atomic mass is 10.3. The van der Waals surface area contributed by atoms with Gasteiger partial charge in [0.15, 0.2) is 0 Å². The van der Waals surface area contributed by atoms with E-state index in [9.17, 15) is 17.7 Å². The van der Waals surface area contributed by atoms with Gasteiger partial charge in [-0.05, 0) is 12.1 Å². The second kappa shape index (κ2) is 4.51. The molecule has 0 aromatic heterocycles. The van der Waals surface area contributed by atoms with Crippen LogP contribution in [0.25, 0.3) is 0 Å². The van der Waals surface area contributed by atoms with Crippen LogP contribution in [0.15, 0.2) is 30.3 Å². The van der Waals surface area contributed by atoms with E-state index in [1.807, 2.05) is 0 Å². The van der Waals surface area contributed by atoms with E-state index in [1.165, 1.54) is 12.1 Å². The van der Waals surface area contributed by atoms with Crippen LogP contribution < -0.4 is 4.52 Å². The number of benzene rings is 1. The molecule has 0 N–H and O–H groups in total. The fourth-order valence-corrected chi connectivity index (χ4v) is 1.62. The quantitative estimate of drug-likeness (QED) is 0.737. The van der Waals surface area contributed by atoms with E-state index >= 15 is 0 Å². The molecule has 78 valence electrons. The molecule has 2 nitrogen and oxygen atoms in total. The third-order valence-electron chi connectivity index (χ3n) is 1.32. The molecule has 0 amide bonds. The molecule has 0 saturated heterocycles. The van der Waals surface area contributed by atoms with Gasteiger partial charge in [0.05, 0.1) is 0 Å². The van der Waals surface area contributed by atoms with Crippen molar-refractivity contribution in [2.45, 2.75) is 6.18 Å². The van der Waals surface area contributed by atoms with Crippen molar-refractivity contribution in [3.63, 3.8) is 0 Å². The zero-order valence-electron chi connectivity index (χ0n) is 7.04. The van der Waals surface area contributed by atoms with Gasteiger partial charge < -0.3 is 4.52 Å². The highest BCUT2D eigenvalue weighted by Crippen LogP contribution is 2.33. The number of alkyl halides is 3. The zero-order valence-corrected chi connectivity index (χ0v) is 8.04. The van der Waals surface area contributed by atoms with E-state index in [1.54, 1.807) is 18.2 Å². The number of hydrogen-bond donors (Lipinski definition) is 0. The Balaban J connectivity index is 2.50. The Labute approximate surface area is 79.6 Å². The smallest absolute Gasteiger partial charge is 0.398 e. The van der Waals surface area contributed by atoms with Gasteiger partial charge in [-0.2, -0.15) is 13.2 Å². The Bertz CT molecular complexity index is 310. The van der Waals surface area contributed by atoms with Gasteiger partial charge in [-0.3, -0.25) is 4.57 Å². The van der Waals surface area contributed by atoms with Crippen LogP contribution in [0.1, 0.15) is 0 Å². The highest BCUT2D eigenvalue weighted by atomic mass is 31.1. The van der Waals surface area contributed by atoms with Crippen LogP contribution in [0.2, 0.25) is 0 Å². The fraction of sp³-hybridized carbons (Fsp3) is 0.250. The summed E-state index contributed by atoms with van der Waals surface area (Å²) in [5.41, 5.74) is 0. The van der Waals surface area contributed by atoms with Crippen molar-refractivity contribution in [2.24, 2.45) is 0 Å². The van der Waals surface area contributed by atoms with E-state index in [2.05, 4.69) is 4.52 Å². The first-order valence-electron chi connectivity index (χ1n) is 3.80. The Morgan fingerprint density at radius 2 is 1.79 bits per heavy atom. The summed E-state index contributed by atoms with van der Waals surface area (Å²) in [5, 5.41) is 0. The minimum atomic E-state index is -4.44. The average molecular weight is 224 g/mol. The van der Waals surface area contributed by atoms with Crippen LogP contribution in [-0.4, -0.2) is 12.3 Å². The van der Waals surface area contributed by atoms with Crippen LogP contribution >= 0.6 is 8.03 Å². The SMILES string of the molecule is O=[PH](CC(F)(F)F)Oc1ccccc1. The van der Waals surface area contributed by atoms with Crippen molar-refractivity contribution < 1.29 is 22.3 Å². The highest BCUT2D eigenvalue weighted by Gasteiger charge is 2.31. The fourth-order valence-electron chi connectivity index (χ4n) is 0.820. The molecule has 0 spiro atoms. The standard InChI is InChI=1S/C8H8F3O2P/c9-8(10,11)6-14(12)13-7-4-2-1-3-5-7/h1-5,14H,6H2. The Morgan fingerprint density at radius 1 is 1.21 bits per heavy atom. The van der Waals surface area contributed by atoms with Crippen molar-refractivity contribution in [1.82, 2.24) is 0 Å². The molecule has 1 aromatic carbocycles. The monoisotopic (exact) mass is 224 g/mol. The van der Waals surface area contributed by atoms with Crippen molar-refractivity contribution in [2.75, 3.05) is 6.16 Å². The third-order valence-corrected chi connectivity index (χ3v) is 2.47. The molecule has 0 aliphatic heterocycles. The first-order valence-corrected chi connectivity index (χ1v) is 5.32. The molecule has 6 heteroatoms. The van der Waals surface area contributed by atoms with Crippen molar-refractivity contribution >= 4 is 8.03 Å². The minimum Gasteiger partial charge on any atom is -0.444 e. The molecule has 0 aliphatic rings. The highest BCUT2D eigenvalue weighted by molar-refractivity contribution is 7.39. The van der Waals surface area contributed by atoms with Crippen LogP contribution in [0.5, 0.6) is 5.75 Å². The van der Waals surface area contributed by atoms with Crippen LogP contribution in [0.4, 0.5) is 13.2 Å². The summed E-state index contributed by atoms with van der Waals surface area (Å²) in [5.74, 6) is 0.195. The molecule has 1 aromatic rings. The van der Waals surface area contributed by atoms with Gasteiger partial charge >= 0.3 is 6.18 Å². The molecular weight excluding hydrogens is 216 g/mol. The van der Waals surface area contributed by atoms with Gasteiger partial charge in [0.1, 0.15) is 11.9 Å². The normalized spacial score (nSPS) is 13.6. The zero-order chi connectivity index (χ0) is 10.6. The molecule has 0 aliphatic carbocycles. The maximum absolute atomic E-state index is 11.8. The van der Waals surface area contributed by atoms with Crippen molar-refractivity contribution in [1.29, 1.82) is 0 Å². The van der Waals surface area contributed by atoms with E-state index in [4.69, 9.17) is 0 Å². The Hall–Kier alpha value is -0.960. The lowest BCUT2D eigenvalue weighted by Crippen LogP contribution is -2.11. The largest absolute Gasteiger partial charge is 0.444 e. The van der Waals surface area contributed by atoms with E-state index in [-0.39, 0.29) is 5.75 Å². The number of hydrogen-bond acceptors (Lipinski definition) is 2. The predicted octanol–water partition coefficient (Wildman–Crippen LogP) is 3.10. The topological polar surface area (TPSA) is 26.3 Å². The molecular formula is C8H8F3O2P. The summed E-state index contributed by atoms with van der Waals surface area (Å²) in [4.78, 5) is 0. The van der Waals surface area contributed by atoms with Crippen LogP contribution in [-0.2, 0) is 4.57 Å². The first-order chi connectivity index (χ1) is 6.47. The van der Waals surface area contributed by atoms with Gasteiger partial charge in [0, 0.05) is 0 Å². The maximum atomic E-state index is 11.8. The average Bonchev–Trinajstić information content (AvgIpc) is 2.02. The molecule has 0 fully saturated rings. The second-order valence-corrected chi connectivity index (χ2v) is 3.88. The molecule has 1 atom stereocenters. The van der Waals surface area contributed by atoms with Crippen molar-refractivity contribution in [3.8, 4) is 5.75 Å². The van der Waals surface area contributed by atoms with Crippen molar-refractivity contribution in [3.05, 3.63) is 30.3 Å².